The third kappa shape index (κ3) is 2.59. The highest BCUT2D eigenvalue weighted by atomic mass is 16.5. The van der Waals surface area contributed by atoms with Gasteiger partial charge in [0.25, 0.3) is 0 Å². The fraction of sp³-hybridized carbons (Fsp3) is 0.588. The Balaban J connectivity index is 1.45. The van der Waals surface area contributed by atoms with Gasteiger partial charge in [0, 0.05) is 57.2 Å². The molecule has 118 valence electrons. The Morgan fingerprint density at radius 1 is 1.27 bits per heavy atom. The van der Waals surface area contributed by atoms with Gasteiger partial charge in [0.2, 0.25) is 0 Å². The summed E-state index contributed by atoms with van der Waals surface area (Å²) >= 11 is 0. The fourth-order valence-electron chi connectivity index (χ4n) is 4.04. The molecule has 0 aromatic carbocycles. The zero-order valence-corrected chi connectivity index (χ0v) is 13.1. The molecule has 1 unspecified atom stereocenters. The van der Waals surface area contributed by atoms with Gasteiger partial charge < -0.3 is 13.9 Å². The zero-order valence-electron chi connectivity index (χ0n) is 13.1. The van der Waals surface area contributed by atoms with E-state index in [1.54, 1.807) is 0 Å². The van der Waals surface area contributed by atoms with Gasteiger partial charge >= 0.3 is 0 Å². The second kappa shape index (κ2) is 5.89. The van der Waals surface area contributed by atoms with Crippen molar-refractivity contribution in [3.05, 3.63) is 42.7 Å². The Labute approximate surface area is 131 Å². The summed E-state index contributed by atoms with van der Waals surface area (Å²) in [5.74, 6) is 0.631. The monoisotopic (exact) mass is 300 g/mol. The average molecular weight is 300 g/mol. The third-order valence-corrected chi connectivity index (χ3v) is 5.23. The molecule has 0 bridgehead atoms. The molecule has 5 heteroatoms. The van der Waals surface area contributed by atoms with Crippen molar-refractivity contribution in [2.75, 3.05) is 13.2 Å². The van der Waals surface area contributed by atoms with Crippen molar-refractivity contribution < 1.29 is 4.74 Å². The minimum atomic E-state index is 0.379. The molecule has 1 aliphatic heterocycles. The lowest BCUT2D eigenvalue weighted by atomic mass is 10.0. The van der Waals surface area contributed by atoms with Crippen LogP contribution in [0.2, 0.25) is 0 Å². The number of rotatable bonds is 4. The number of nitrogens with zero attached hydrogens (tertiary/aromatic N) is 4. The molecule has 5 nitrogen and oxygen atoms in total. The Bertz CT molecular complexity index is 606. The minimum Gasteiger partial charge on any atom is -0.375 e. The Morgan fingerprint density at radius 3 is 2.91 bits per heavy atom. The third-order valence-electron chi connectivity index (χ3n) is 5.23. The molecule has 1 aliphatic carbocycles. The highest BCUT2D eigenvalue weighted by molar-refractivity contribution is 5.02. The number of fused-ring (bicyclic) bond motifs is 1. The van der Waals surface area contributed by atoms with Crippen LogP contribution < -0.4 is 0 Å². The van der Waals surface area contributed by atoms with Gasteiger partial charge in [-0.2, -0.15) is 0 Å². The number of imidazole rings is 1. The highest BCUT2D eigenvalue weighted by Gasteiger charge is 2.42. The molecule has 1 saturated carbocycles. The lowest BCUT2D eigenvalue weighted by molar-refractivity contribution is -0.0790. The summed E-state index contributed by atoms with van der Waals surface area (Å²) in [6, 6.07) is 4.76. The van der Waals surface area contributed by atoms with Crippen LogP contribution in [0.5, 0.6) is 0 Å². The molecular weight excluding hydrogens is 276 g/mol. The summed E-state index contributed by atoms with van der Waals surface area (Å²) in [4.78, 5) is 6.84. The van der Waals surface area contributed by atoms with Gasteiger partial charge in [0.05, 0.1) is 24.7 Å². The summed E-state index contributed by atoms with van der Waals surface area (Å²) in [6.07, 6.45) is 11.1. The van der Waals surface area contributed by atoms with E-state index in [-0.39, 0.29) is 0 Å². The molecule has 3 heterocycles. The molecule has 1 saturated heterocycles. The van der Waals surface area contributed by atoms with Gasteiger partial charge in [0.1, 0.15) is 0 Å². The number of morpholine rings is 1. The predicted molar refractivity (Wildman–Crippen MR) is 84.3 cm³/mol. The molecule has 2 aromatic rings. The highest BCUT2D eigenvalue weighted by Crippen LogP contribution is 2.36. The van der Waals surface area contributed by atoms with Crippen LogP contribution in [0.15, 0.2) is 37.1 Å². The first kappa shape index (κ1) is 14.0. The first-order valence-electron chi connectivity index (χ1n) is 8.23. The van der Waals surface area contributed by atoms with E-state index in [9.17, 15) is 0 Å². The van der Waals surface area contributed by atoms with Gasteiger partial charge in [0.15, 0.2) is 0 Å². The summed E-state index contributed by atoms with van der Waals surface area (Å²) < 4.78 is 10.6. The van der Waals surface area contributed by atoms with Crippen molar-refractivity contribution in [2.24, 2.45) is 13.0 Å². The molecule has 2 aliphatic rings. The van der Waals surface area contributed by atoms with E-state index in [0.717, 1.165) is 26.2 Å². The second-order valence-corrected chi connectivity index (χ2v) is 6.59. The van der Waals surface area contributed by atoms with Crippen molar-refractivity contribution in [3.63, 3.8) is 0 Å². The van der Waals surface area contributed by atoms with E-state index in [2.05, 4.69) is 50.6 Å². The number of aromatic nitrogens is 3. The minimum absolute atomic E-state index is 0.379. The van der Waals surface area contributed by atoms with Crippen molar-refractivity contribution in [3.8, 4) is 0 Å². The average Bonchev–Trinajstić information content (AvgIpc) is 3.24. The number of aryl methyl sites for hydroxylation is 1. The van der Waals surface area contributed by atoms with Crippen LogP contribution in [0.25, 0.3) is 0 Å². The number of hydrogen-bond acceptors (Lipinski definition) is 3. The smallest absolute Gasteiger partial charge is 0.0945 e. The first-order valence-corrected chi connectivity index (χ1v) is 8.23. The number of hydrogen-bond donors (Lipinski definition) is 0. The molecular formula is C17H24N4O. The van der Waals surface area contributed by atoms with Crippen LogP contribution in [-0.2, 0) is 24.9 Å². The quantitative estimate of drug-likeness (QED) is 0.865. The zero-order chi connectivity index (χ0) is 14.9. The fourth-order valence-corrected chi connectivity index (χ4v) is 4.04. The summed E-state index contributed by atoms with van der Waals surface area (Å²) in [5.41, 5.74) is 1.29. The van der Waals surface area contributed by atoms with E-state index in [1.165, 1.54) is 18.5 Å². The molecule has 0 amide bonds. The van der Waals surface area contributed by atoms with Crippen LogP contribution in [0.3, 0.4) is 0 Å². The van der Waals surface area contributed by atoms with Crippen LogP contribution in [0.1, 0.15) is 18.5 Å². The molecule has 0 N–H and O–H groups in total. The van der Waals surface area contributed by atoms with Crippen LogP contribution in [0, 0.1) is 5.92 Å². The van der Waals surface area contributed by atoms with Crippen molar-refractivity contribution in [1.82, 2.24) is 19.0 Å². The summed E-state index contributed by atoms with van der Waals surface area (Å²) in [7, 11) is 2.07. The van der Waals surface area contributed by atoms with E-state index in [1.807, 2.05) is 12.5 Å². The maximum atomic E-state index is 6.17. The summed E-state index contributed by atoms with van der Waals surface area (Å²) in [6.45, 7) is 3.94. The maximum Gasteiger partial charge on any atom is 0.0945 e. The van der Waals surface area contributed by atoms with Crippen LogP contribution in [0.4, 0.5) is 0 Å². The van der Waals surface area contributed by atoms with Crippen LogP contribution in [-0.4, -0.2) is 44.3 Å². The molecule has 22 heavy (non-hydrogen) atoms. The first-order chi connectivity index (χ1) is 10.8. The molecule has 4 rings (SSSR count). The second-order valence-electron chi connectivity index (χ2n) is 6.59. The van der Waals surface area contributed by atoms with Gasteiger partial charge in [-0.1, -0.05) is 0 Å². The largest absolute Gasteiger partial charge is 0.375 e. The Kier molecular flexibility index (Phi) is 3.76. The van der Waals surface area contributed by atoms with Crippen molar-refractivity contribution in [2.45, 2.75) is 38.1 Å². The lowest BCUT2D eigenvalue weighted by Gasteiger charge is -2.39. The molecule has 3 atom stereocenters. The van der Waals surface area contributed by atoms with Gasteiger partial charge in [-0.25, -0.2) is 4.98 Å². The van der Waals surface area contributed by atoms with Gasteiger partial charge in [-0.05, 0) is 25.0 Å². The van der Waals surface area contributed by atoms with Crippen LogP contribution >= 0.6 is 0 Å². The molecule has 0 radical (unpaired) electrons. The SMILES string of the molecule is Cn1cncc1CN1CCO[C@H]2C(Cn3cccc3)CC[C@@H]21. The molecule has 2 aromatic heterocycles. The van der Waals surface area contributed by atoms with E-state index >= 15 is 0 Å². The molecule has 0 spiro atoms. The summed E-state index contributed by atoms with van der Waals surface area (Å²) in [5, 5.41) is 0. The number of ether oxygens (including phenoxy) is 1. The van der Waals surface area contributed by atoms with E-state index < -0.39 is 0 Å². The topological polar surface area (TPSA) is 35.2 Å². The van der Waals surface area contributed by atoms with Crippen molar-refractivity contribution in [1.29, 1.82) is 0 Å². The Morgan fingerprint density at radius 2 is 2.14 bits per heavy atom. The van der Waals surface area contributed by atoms with E-state index in [0.29, 0.717) is 18.1 Å². The lowest BCUT2D eigenvalue weighted by Crippen LogP contribution is -2.50. The predicted octanol–water partition coefficient (Wildman–Crippen LogP) is 1.90. The standard InChI is InChI=1S/C17H24N4O/c1-19-13-18-10-15(19)12-21-8-9-22-17-14(4-5-16(17)21)11-20-6-2-3-7-20/h2-3,6-7,10,13-14,16-17H,4-5,8-9,11-12H2,1H3/t14?,16-,17-/m0/s1. The normalized spacial score (nSPS) is 28.9. The van der Waals surface area contributed by atoms with Gasteiger partial charge in [-0.3, -0.25) is 4.90 Å². The molecule has 2 fully saturated rings. The van der Waals surface area contributed by atoms with Gasteiger partial charge in [-0.15, -0.1) is 0 Å². The Hall–Kier alpha value is -1.59. The maximum absolute atomic E-state index is 6.17. The van der Waals surface area contributed by atoms with E-state index in [4.69, 9.17) is 4.74 Å². The van der Waals surface area contributed by atoms with Crippen molar-refractivity contribution >= 4 is 0 Å².